The zero-order valence-electron chi connectivity index (χ0n) is 22.9. The molecule has 0 unspecified atom stereocenters. The number of aromatic nitrogens is 3. The summed E-state index contributed by atoms with van der Waals surface area (Å²) < 4.78 is 18.1. The second kappa shape index (κ2) is 12.6. The highest BCUT2D eigenvalue weighted by Gasteiger charge is 2.28. The van der Waals surface area contributed by atoms with Crippen LogP contribution in [0.25, 0.3) is 10.9 Å². The number of carbonyl (C=O) groups excluding carboxylic acids is 1. The molecule has 3 heterocycles. The van der Waals surface area contributed by atoms with Crippen LogP contribution in [0.15, 0.2) is 35.3 Å². The van der Waals surface area contributed by atoms with Crippen LogP contribution in [-0.4, -0.2) is 67.7 Å². The van der Waals surface area contributed by atoms with Crippen LogP contribution in [0.5, 0.6) is 5.75 Å². The van der Waals surface area contributed by atoms with Gasteiger partial charge in [0.05, 0.1) is 11.7 Å². The van der Waals surface area contributed by atoms with E-state index in [4.69, 9.17) is 30.8 Å². The lowest BCUT2D eigenvalue weighted by molar-refractivity contribution is -0.141. The number of pyridine rings is 1. The molecule has 1 aliphatic rings. The Morgan fingerprint density at radius 1 is 1.18 bits per heavy atom. The van der Waals surface area contributed by atoms with E-state index >= 15 is 0 Å². The number of fused-ring (bicyclic) bond motifs is 1. The average molecular weight is 559 g/mol. The van der Waals surface area contributed by atoms with Crippen LogP contribution >= 0.6 is 11.6 Å². The maximum atomic E-state index is 13.1. The van der Waals surface area contributed by atoms with Crippen molar-refractivity contribution >= 4 is 45.9 Å². The maximum absolute atomic E-state index is 13.1. The molecule has 0 atom stereocenters. The minimum atomic E-state index is -0.323. The molecule has 3 aromatic rings. The molecule has 0 aliphatic carbocycles. The molecule has 0 radical (unpaired) electrons. The fraction of sp³-hybridized carbons (Fsp3) is 0.481. The lowest BCUT2D eigenvalue weighted by atomic mass is 9.96. The summed E-state index contributed by atoms with van der Waals surface area (Å²) in [7, 11) is 4.84. The Kier molecular flexibility index (Phi) is 9.26. The molecule has 4 rings (SSSR count). The highest BCUT2D eigenvalue weighted by molar-refractivity contribution is 6.32. The Bertz CT molecular complexity index is 1370. The number of likely N-dealkylation sites (N-methyl/N-ethyl adjacent to an activating group) is 1. The number of ether oxygens (including phenoxy) is 3. The number of carbonyl (C=O) groups is 1. The Morgan fingerprint density at radius 3 is 2.54 bits per heavy atom. The summed E-state index contributed by atoms with van der Waals surface area (Å²) in [5, 5.41) is 6.92. The van der Waals surface area contributed by atoms with Crippen molar-refractivity contribution in [2.24, 2.45) is 5.92 Å². The number of nitrogens with one attached hydrogen (secondary N) is 2. The topological polar surface area (TPSA) is 120 Å². The maximum Gasteiger partial charge on any atom is 0.293 e. The van der Waals surface area contributed by atoms with Crippen molar-refractivity contribution in [3.63, 3.8) is 0 Å². The number of hydrogen-bond donors (Lipinski definition) is 2. The number of hydrogen-bond acceptors (Lipinski definition) is 9. The van der Waals surface area contributed by atoms with Gasteiger partial charge in [0.25, 0.3) is 11.5 Å². The summed E-state index contributed by atoms with van der Waals surface area (Å²) >= 11 is 6.46. The summed E-state index contributed by atoms with van der Waals surface area (Å²) in [6.07, 6.45) is 3.17. The average Bonchev–Trinajstić information content (AvgIpc) is 2.93. The predicted octanol–water partition coefficient (Wildman–Crippen LogP) is 3.73. The Labute approximate surface area is 232 Å². The Balaban J connectivity index is 1.58. The first kappa shape index (κ1) is 28.6. The molecule has 2 N–H and O–H groups in total. The van der Waals surface area contributed by atoms with Gasteiger partial charge in [-0.3, -0.25) is 9.59 Å². The third-order valence-electron chi connectivity index (χ3n) is 6.82. The van der Waals surface area contributed by atoms with Gasteiger partial charge in [-0.05, 0) is 51.0 Å². The number of amides is 1. The van der Waals surface area contributed by atoms with Crippen molar-refractivity contribution in [3.8, 4) is 5.75 Å². The van der Waals surface area contributed by atoms with Gasteiger partial charge < -0.3 is 34.3 Å². The summed E-state index contributed by atoms with van der Waals surface area (Å²) in [5.41, 5.74) is 1.18. The zero-order chi connectivity index (χ0) is 28.1. The van der Waals surface area contributed by atoms with Crippen LogP contribution in [0.2, 0.25) is 5.02 Å². The fourth-order valence-corrected chi connectivity index (χ4v) is 4.96. The van der Waals surface area contributed by atoms with E-state index in [9.17, 15) is 9.59 Å². The molecular formula is C27H35ClN6O5. The number of anilines is 3. The summed E-state index contributed by atoms with van der Waals surface area (Å²) in [6.45, 7) is 5.14. The molecule has 12 heteroatoms. The zero-order valence-corrected chi connectivity index (χ0v) is 23.6. The van der Waals surface area contributed by atoms with Crippen molar-refractivity contribution in [2.75, 3.05) is 51.2 Å². The second-order valence-corrected chi connectivity index (χ2v) is 10.1. The number of rotatable bonds is 10. The first-order valence-electron chi connectivity index (χ1n) is 12.9. The molecule has 1 saturated heterocycles. The number of piperidine rings is 1. The molecule has 1 amide bonds. The number of benzene rings is 1. The summed E-state index contributed by atoms with van der Waals surface area (Å²) in [4.78, 5) is 36.0. The molecule has 0 saturated carbocycles. The van der Waals surface area contributed by atoms with E-state index in [0.29, 0.717) is 22.7 Å². The predicted molar refractivity (Wildman–Crippen MR) is 151 cm³/mol. The van der Waals surface area contributed by atoms with Gasteiger partial charge in [-0.25, -0.2) is 4.98 Å². The second-order valence-electron chi connectivity index (χ2n) is 9.67. The van der Waals surface area contributed by atoms with Gasteiger partial charge in [0.1, 0.15) is 5.02 Å². The van der Waals surface area contributed by atoms with Crippen molar-refractivity contribution in [1.29, 1.82) is 0 Å². The lowest BCUT2D eigenvalue weighted by Crippen LogP contribution is -2.39. The Hall–Kier alpha value is -3.41. The normalized spacial score (nSPS) is 14.3. The van der Waals surface area contributed by atoms with Crippen molar-refractivity contribution < 1.29 is 19.0 Å². The molecule has 2 aromatic heterocycles. The van der Waals surface area contributed by atoms with Crippen molar-refractivity contribution in [2.45, 2.75) is 39.0 Å². The third-order valence-corrected chi connectivity index (χ3v) is 7.10. The molecule has 39 heavy (non-hydrogen) atoms. The third kappa shape index (κ3) is 6.43. The monoisotopic (exact) mass is 558 g/mol. The van der Waals surface area contributed by atoms with Crippen LogP contribution in [0, 0.1) is 5.92 Å². The lowest BCUT2D eigenvalue weighted by Gasteiger charge is -2.34. The van der Waals surface area contributed by atoms with Gasteiger partial charge in [-0.15, -0.1) is 0 Å². The van der Waals surface area contributed by atoms with Gasteiger partial charge in [-0.1, -0.05) is 11.6 Å². The van der Waals surface area contributed by atoms with Gasteiger partial charge in [0, 0.05) is 57.4 Å². The molecule has 1 aliphatic heterocycles. The highest BCUT2D eigenvalue weighted by Crippen LogP contribution is 2.30. The van der Waals surface area contributed by atoms with Crippen molar-refractivity contribution in [1.82, 2.24) is 19.9 Å². The van der Waals surface area contributed by atoms with E-state index in [-0.39, 0.29) is 36.2 Å². The van der Waals surface area contributed by atoms with E-state index in [2.05, 4.69) is 20.5 Å². The van der Waals surface area contributed by atoms with Crippen LogP contribution in [0.1, 0.15) is 32.7 Å². The fourth-order valence-electron chi connectivity index (χ4n) is 4.82. The van der Waals surface area contributed by atoms with E-state index in [1.807, 2.05) is 32.0 Å². The molecule has 1 aromatic carbocycles. The molecule has 11 nitrogen and oxygen atoms in total. The summed E-state index contributed by atoms with van der Waals surface area (Å²) in [6, 6.07) is 7.15. The SMILES string of the molecule is CNC(=O)COc1cc2cc(Nc3nc(N4CCC(C(OC)OC)CC4)ncc3Cl)ccc2n(C(C)C)c1=O. The molecule has 0 bridgehead atoms. The van der Waals surface area contributed by atoms with E-state index in [1.165, 1.54) is 7.05 Å². The van der Waals surface area contributed by atoms with E-state index < -0.39 is 0 Å². The standard InChI is InChI=1S/C27H35ClN6O5/c1-16(2)34-21-7-6-19(12-18(21)13-22(25(34)36)39-15-23(35)29-3)31-24-20(28)14-30-27(32-24)33-10-8-17(9-11-33)26(37-4)38-5/h6-7,12-14,16-17,26H,8-11,15H2,1-5H3,(H,29,35)(H,30,31,32). The minimum absolute atomic E-state index is 0.104. The number of nitrogens with zero attached hydrogens (tertiary/aromatic N) is 4. The molecule has 1 fully saturated rings. The largest absolute Gasteiger partial charge is 0.478 e. The van der Waals surface area contributed by atoms with E-state index in [1.54, 1.807) is 31.0 Å². The summed E-state index contributed by atoms with van der Waals surface area (Å²) in [5.74, 6) is 1.16. The van der Waals surface area contributed by atoms with Gasteiger partial charge in [-0.2, -0.15) is 4.98 Å². The Morgan fingerprint density at radius 2 is 1.90 bits per heavy atom. The van der Waals surface area contributed by atoms with Crippen LogP contribution in [0.4, 0.5) is 17.5 Å². The van der Waals surface area contributed by atoms with Gasteiger partial charge in [0.2, 0.25) is 5.95 Å². The molecule has 0 spiro atoms. The van der Waals surface area contributed by atoms with Crippen LogP contribution < -0.4 is 25.8 Å². The van der Waals surface area contributed by atoms with Crippen molar-refractivity contribution in [3.05, 3.63) is 45.8 Å². The molecule has 210 valence electrons. The smallest absolute Gasteiger partial charge is 0.293 e. The number of methoxy groups -OCH3 is 2. The van der Waals surface area contributed by atoms with Crippen LogP contribution in [0.3, 0.4) is 0 Å². The first-order valence-corrected chi connectivity index (χ1v) is 13.3. The minimum Gasteiger partial charge on any atom is -0.478 e. The highest BCUT2D eigenvalue weighted by atomic mass is 35.5. The molecular weight excluding hydrogens is 524 g/mol. The quantitative estimate of drug-likeness (QED) is 0.359. The van der Waals surface area contributed by atoms with Gasteiger partial charge in [0.15, 0.2) is 24.5 Å². The first-order chi connectivity index (χ1) is 18.7. The van der Waals surface area contributed by atoms with Gasteiger partial charge >= 0.3 is 0 Å². The van der Waals surface area contributed by atoms with Crippen LogP contribution in [-0.2, 0) is 14.3 Å². The number of halogens is 1. The van der Waals surface area contributed by atoms with E-state index in [0.717, 1.165) is 42.5 Å².